The maximum absolute atomic E-state index is 13.2. The third kappa shape index (κ3) is 4.77. The molecule has 0 radical (unpaired) electrons. The number of aromatic nitrogens is 3. The Kier molecular flexibility index (Phi) is 6.62. The van der Waals surface area contributed by atoms with Crippen molar-refractivity contribution >= 4 is 50.2 Å². The number of rotatable bonds is 7. The number of carbonyl (C=O) groups excluding carboxylic acids is 1. The number of thiazole rings is 1. The van der Waals surface area contributed by atoms with Crippen molar-refractivity contribution < 1.29 is 4.79 Å². The molecule has 4 rings (SSSR count). The summed E-state index contributed by atoms with van der Waals surface area (Å²) in [4.78, 5) is 37.2. The van der Waals surface area contributed by atoms with Crippen molar-refractivity contribution in [3.8, 4) is 0 Å². The van der Waals surface area contributed by atoms with Gasteiger partial charge in [0.25, 0.3) is 5.56 Å². The maximum Gasteiger partial charge on any atom is 0.274 e. The molecule has 1 amide bonds. The van der Waals surface area contributed by atoms with Crippen LogP contribution in [0.5, 0.6) is 0 Å². The van der Waals surface area contributed by atoms with Gasteiger partial charge in [-0.1, -0.05) is 42.2 Å². The fraction of sp³-hybridized carbons (Fsp3) is 0.455. The van der Waals surface area contributed by atoms with Gasteiger partial charge >= 0.3 is 0 Å². The van der Waals surface area contributed by atoms with Crippen LogP contribution in [0.4, 0.5) is 10.8 Å². The molecule has 9 heteroatoms. The van der Waals surface area contributed by atoms with Crippen LogP contribution < -0.4 is 15.8 Å². The van der Waals surface area contributed by atoms with Crippen LogP contribution in [0.2, 0.25) is 0 Å². The predicted molar refractivity (Wildman–Crippen MR) is 129 cm³/mol. The number of benzene rings is 1. The Bertz CT molecular complexity index is 1130. The molecular weight excluding hydrogens is 430 g/mol. The van der Waals surface area contributed by atoms with Crippen molar-refractivity contribution in [1.29, 1.82) is 0 Å². The molecule has 0 aliphatic carbocycles. The summed E-state index contributed by atoms with van der Waals surface area (Å²) in [5.74, 6) is 0.0403. The minimum absolute atomic E-state index is 0.0612. The number of nitrogens with one attached hydrogen (secondary N) is 1. The zero-order valence-electron chi connectivity index (χ0n) is 18.1. The van der Waals surface area contributed by atoms with E-state index in [9.17, 15) is 9.59 Å². The summed E-state index contributed by atoms with van der Waals surface area (Å²) in [6.07, 6.45) is 3.26. The van der Waals surface area contributed by atoms with Crippen molar-refractivity contribution in [2.45, 2.75) is 51.2 Å². The van der Waals surface area contributed by atoms with Gasteiger partial charge in [-0.05, 0) is 50.8 Å². The van der Waals surface area contributed by atoms with Gasteiger partial charge in [0, 0.05) is 24.8 Å². The first-order valence-electron chi connectivity index (χ1n) is 10.7. The minimum atomic E-state index is -0.130. The van der Waals surface area contributed by atoms with Gasteiger partial charge in [0.05, 0.1) is 5.75 Å². The molecule has 1 fully saturated rings. The van der Waals surface area contributed by atoms with Gasteiger partial charge in [0.1, 0.15) is 4.70 Å². The monoisotopic (exact) mass is 457 g/mol. The molecule has 3 heterocycles. The van der Waals surface area contributed by atoms with Crippen LogP contribution in [-0.2, 0) is 11.2 Å². The maximum atomic E-state index is 13.2. The summed E-state index contributed by atoms with van der Waals surface area (Å²) in [7, 11) is 0. The second kappa shape index (κ2) is 9.40. The van der Waals surface area contributed by atoms with Crippen LogP contribution in [0, 0.1) is 0 Å². The topological polar surface area (TPSA) is 80.1 Å². The van der Waals surface area contributed by atoms with E-state index in [0.717, 1.165) is 43.2 Å². The minimum Gasteiger partial charge on any atom is -0.348 e. The first-order valence-corrected chi connectivity index (χ1v) is 12.5. The van der Waals surface area contributed by atoms with E-state index >= 15 is 0 Å². The predicted octanol–water partition coefficient (Wildman–Crippen LogP) is 4.33. The zero-order valence-corrected chi connectivity index (χ0v) is 19.7. The molecule has 1 saturated heterocycles. The normalized spacial score (nSPS) is 14.0. The van der Waals surface area contributed by atoms with Gasteiger partial charge in [-0.25, -0.2) is 4.98 Å². The summed E-state index contributed by atoms with van der Waals surface area (Å²) in [5, 5.41) is 4.30. The fourth-order valence-corrected chi connectivity index (χ4v) is 5.52. The highest BCUT2D eigenvalue weighted by Crippen LogP contribution is 2.30. The summed E-state index contributed by atoms with van der Waals surface area (Å²) in [6, 6.07) is 7.77. The lowest BCUT2D eigenvalue weighted by Crippen LogP contribution is -2.25. The zero-order chi connectivity index (χ0) is 22.0. The molecule has 1 aromatic carbocycles. The lowest BCUT2D eigenvalue weighted by atomic mass is 10.1. The molecule has 0 saturated carbocycles. The summed E-state index contributed by atoms with van der Waals surface area (Å²) in [6.45, 7) is 7.95. The number of thioether (sulfide) groups is 1. The van der Waals surface area contributed by atoms with E-state index in [0.29, 0.717) is 15.5 Å². The standard InChI is InChI=1S/C22H27N5O2S2/c1-4-15-7-9-16(10-8-15)23-17(28)13-30-22-25-19-18(20(29)27(22)14(2)3)31-21(24-19)26-11-5-6-12-26/h7-10,14H,4-6,11-13H2,1-3H3,(H,23,28). The number of fused-ring (bicyclic) bond motifs is 1. The van der Waals surface area contributed by atoms with Crippen LogP contribution in [0.15, 0.2) is 34.2 Å². The Labute approximate surface area is 189 Å². The van der Waals surface area contributed by atoms with Crippen molar-refractivity contribution in [3.05, 3.63) is 40.2 Å². The molecule has 0 atom stereocenters. The number of anilines is 2. The number of hydrogen-bond acceptors (Lipinski definition) is 7. The van der Waals surface area contributed by atoms with Gasteiger partial charge in [0.2, 0.25) is 5.91 Å². The molecule has 0 spiro atoms. The molecule has 0 bridgehead atoms. The van der Waals surface area contributed by atoms with E-state index in [-0.39, 0.29) is 23.3 Å². The van der Waals surface area contributed by atoms with E-state index in [1.54, 1.807) is 4.57 Å². The first kappa shape index (κ1) is 21.8. The highest BCUT2D eigenvalue weighted by Gasteiger charge is 2.22. The number of amides is 1. The van der Waals surface area contributed by atoms with Crippen LogP contribution in [0.1, 0.15) is 45.2 Å². The van der Waals surface area contributed by atoms with Crippen molar-refractivity contribution in [2.24, 2.45) is 0 Å². The summed E-state index contributed by atoms with van der Waals surface area (Å²) in [5.41, 5.74) is 2.39. The summed E-state index contributed by atoms with van der Waals surface area (Å²) < 4.78 is 2.25. The van der Waals surface area contributed by atoms with Crippen LogP contribution >= 0.6 is 23.1 Å². The van der Waals surface area contributed by atoms with Gasteiger partial charge in [-0.3, -0.25) is 14.2 Å². The Balaban J connectivity index is 1.54. The molecule has 2 aromatic heterocycles. The van der Waals surface area contributed by atoms with Crippen molar-refractivity contribution in [2.75, 3.05) is 29.1 Å². The molecule has 1 aliphatic heterocycles. The highest BCUT2D eigenvalue weighted by atomic mass is 32.2. The molecule has 7 nitrogen and oxygen atoms in total. The van der Waals surface area contributed by atoms with Crippen LogP contribution in [-0.4, -0.2) is 39.3 Å². The molecule has 31 heavy (non-hydrogen) atoms. The van der Waals surface area contributed by atoms with E-state index in [1.807, 2.05) is 38.1 Å². The third-order valence-electron chi connectivity index (χ3n) is 5.29. The number of aryl methyl sites for hydroxylation is 1. The summed E-state index contributed by atoms with van der Waals surface area (Å²) >= 11 is 2.69. The van der Waals surface area contributed by atoms with Crippen molar-refractivity contribution in [1.82, 2.24) is 14.5 Å². The molecule has 1 aliphatic rings. The molecule has 0 unspecified atom stereocenters. The third-order valence-corrected chi connectivity index (χ3v) is 7.34. The first-order chi connectivity index (χ1) is 15.0. The Morgan fingerprint density at radius 1 is 1.19 bits per heavy atom. The second-order valence-corrected chi connectivity index (χ2v) is 9.81. The number of hydrogen-bond donors (Lipinski definition) is 1. The fourth-order valence-electron chi connectivity index (χ4n) is 3.61. The quantitative estimate of drug-likeness (QED) is 0.420. The van der Waals surface area contributed by atoms with E-state index < -0.39 is 0 Å². The Morgan fingerprint density at radius 2 is 1.90 bits per heavy atom. The second-order valence-electron chi connectivity index (χ2n) is 7.89. The molecule has 3 aromatic rings. The number of nitrogens with zero attached hydrogens (tertiary/aromatic N) is 4. The van der Waals surface area contributed by atoms with Gasteiger partial charge in [-0.2, -0.15) is 4.98 Å². The average molecular weight is 458 g/mol. The van der Waals surface area contributed by atoms with E-state index in [1.165, 1.54) is 28.7 Å². The van der Waals surface area contributed by atoms with E-state index in [4.69, 9.17) is 0 Å². The van der Waals surface area contributed by atoms with E-state index in [2.05, 4.69) is 27.1 Å². The van der Waals surface area contributed by atoms with Crippen LogP contribution in [0.25, 0.3) is 10.3 Å². The highest BCUT2D eigenvalue weighted by molar-refractivity contribution is 7.99. The van der Waals surface area contributed by atoms with Gasteiger partial charge in [-0.15, -0.1) is 0 Å². The SMILES string of the molecule is CCc1ccc(NC(=O)CSc2nc3nc(N4CCCC4)sc3c(=O)n2C(C)C)cc1. The lowest BCUT2D eigenvalue weighted by molar-refractivity contribution is -0.113. The number of carbonyl (C=O) groups is 1. The van der Waals surface area contributed by atoms with Crippen LogP contribution in [0.3, 0.4) is 0 Å². The Hall–Kier alpha value is -2.39. The smallest absolute Gasteiger partial charge is 0.274 e. The molecule has 164 valence electrons. The van der Waals surface area contributed by atoms with Gasteiger partial charge in [0.15, 0.2) is 15.9 Å². The lowest BCUT2D eigenvalue weighted by Gasteiger charge is -2.14. The van der Waals surface area contributed by atoms with Gasteiger partial charge < -0.3 is 10.2 Å². The average Bonchev–Trinajstić information content (AvgIpc) is 3.42. The van der Waals surface area contributed by atoms with Crippen molar-refractivity contribution in [3.63, 3.8) is 0 Å². The molecule has 1 N–H and O–H groups in total. The largest absolute Gasteiger partial charge is 0.348 e. The Morgan fingerprint density at radius 3 is 2.55 bits per heavy atom. The molecular formula is C22H27N5O2S2.